The van der Waals surface area contributed by atoms with E-state index in [-0.39, 0.29) is 40.8 Å². The minimum absolute atomic E-state index is 0.0246. The van der Waals surface area contributed by atoms with E-state index in [1.165, 1.54) is 5.57 Å². The van der Waals surface area contributed by atoms with Crippen molar-refractivity contribution in [3.63, 3.8) is 0 Å². The van der Waals surface area contributed by atoms with Gasteiger partial charge in [0.2, 0.25) is 11.6 Å². The van der Waals surface area contributed by atoms with E-state index in [2.05, 4.69) is 39.1 Å². The lowest BCUT2D eigenvalue weighted by Gasteiger charge is -2.56. The lowest BCUT2D eigenvalue weighted by molar-refractivity contribution is -0.132. The molecule has 4 atom stereocenters. The van der Waals surface area contributed by atoms with Crippen LogP contribution in [0.15, 0.2) is 34.8 Å². The molecule has 0 amide bonds. The Kier molecular flexibility index (Phi) is 6.28. The van der Waals surface area contributed by atoms with Crippen LogP contribution in [-0.4, -0.2) is 41.9 Å². The van der Waals surface area contributed by atoms with Crippen molar-refractivity contribution >= 4 is 21.7 Å². The fourth-order valence-corrected chi connectivity index (χ4v) is 6.08. The SMILES string of the molecule is CC1=CCCC2C(C)C(C)(CC3=C(O)C(NCCS(=O)(=O)O)=CC(=O)C3=O)CCC12C. The molecule has 7 nitrogen and oxygen atoms in total. The van der Waals surface area contributed by atoms with Crippen LogP contribution in [0.3, 0.4) is 0 Å². The van der Waals surface area contributed by atoms with E-state index in [1.54, 1.807) is 0 Å². The summed E-state index contributed by atoms with van der Waals surface area (Å²) in [6.45, 7) is 8.68. The van der Waals surface area contributed by atoms with Gasteiger partial charge in [0.05, 0.1) is 11.4 Å². The molecule has 1 saturated carbocycles. The van der Waals surface area contributed by atoms with Crippen LogP contribution in [-0.2, 0) is 19.7 Å². The molecule has 0 spiro atoms. The van der Waals surface area contributed by atoms with Gasteiger partial charge in [-0.25, -0.2) is 0 Å². The number of rotatable bonds is 6. The molecule has 8 heteroatoms. The van der Waals surface area contributed by atoms with Crippen LogP contribution in [0.1, 0.15) is 59.8 Å². The molecule has 0 bridgehead atoms. The first-order valence-corrected chi connectivity index (χ1v) is 12.5. The maximum Gasteiger partial charge on any atom is 0.266 e. The van der Waals surface area contributed by atoms with E-state index in [0.29, 0.717) is 11.8 Å². The van der Waals surface area contributed by atoms with Gasteiger partial charge in [-0.1, -0.05) is 32.4 Å². The Morgan fingerprint density at radius 3 is 2.55 bits per heavy atom. The van der Waals surface area contributed by atoms with Crippen molar-refractivity contribution in [2.45, 2.75) is 59.8 Å². The molecule has 0 aliphatic heterocycles. The maximum atomic E-state index is 12.6. The van der Waals surface area contributed by atoms with Gasteiger partial charge in [0.1, 0.15) is 5.76 Å². The van der Waals surface area contributed by atoms with E-state index in [1.807, 2.05) is 0 Å². The molecule has 0 heterocycles. The predicted octanol–water partition coefficient (Wildman–Crippen LogP) is 3.50. The molecule has 172 valence electrons. The van der Waals surface area contributed by atoms with Crippen molar-refractivity contribution in [1.29, 1.82) is 0 Å². The number of hydrogen-bond donors (Lipinski definition) is 3. The van der Waals surface area contributed by atoms with E-state index >= 15 is 0 Å². The van der Waals surface area contributed by atoms with Crippen LogP contribution >= 0.6 is 0 Å². The zero-order chi connectivity index (χ0) is 23.2. The van der Waals surface area contributed by atoms with Crippen molar-refractivity contribution in [3.8, 4) is 0 Å². The van der Waals surface area contributed by atoms with Gasteiger partial charge in [-0.05, 0) is 61.7 Å². The van der Waals surface area contributed by atoms with Crippen LogP contribution in [0.2, 0.25) is 0 Å². The summed E-state index contributed by atoms with van der Waals surface area (Å²) in [5.41, 5.74) is 1.43. The number of ketones is 2. The molecule has 0 saturated heterocycles. The highest BCUT2D eigenvalue weighted by Gasteiger charge is 2.51. The van der Waals surface area contributed by atoms with Gasteiger partial charge in [0.25, 0.3) is 10.1 Å². The van der Waals surface area contributed by atoms with Crippen LogP contribution in [0.4, 0.5) is 0 Å². The number of Topliss-reactive ketones (excluding diaryl/α,β-unsaturated/α-hetero) is 1. The molecule has 31 heavy (non-hydrogen) atoms. The van der Waals surface area contributed by atoms with Crippen molar-refractivity contribution in [2.75, 3.05) is 12.3 Å². The summed E-state index contributed by atoms with van der Waals surface area (Å²) in [5, 5.41) is 13.4. The standard InChI is InChI=1S/C23H33NO6S/c1-14-6-5-7-17-15(2)22(3,8-9-23(14,17)4)13-16-20(26)18(12-19(25)21(16)27)24-10-11-31(28,29)30/h6,12,15,17,24,26H,5,7-11,13H2,1-4H3,(H,28,29,30). The largest absolute Gasteiger partial charge is 0.505 e. The van der Waals surface area contributed by atoms with Gasteiger partial charge in [-0.3, -0.25) is 14.1 Å². The van der Waals surface area contributed by atoms with E-state index in [4.69, 9.17) is 4.55 Å². The third-order valence-electron chi connectivity index (χ3n) is 8.14. The quantitative estimate of drug-likeness (QED) is 0.245. The Bertz CT molecular complexity index is 992. The number of aliphatic hydroxyl groups is 1. The third-order valence-corrected chi connectivity index (χ3v) is 8.86. The Morgan fingerprint density at radius 1 is 1.23 bits per heavy atom. The first-order chi connectivity index (χ1) is 14.3. The summed E-state index contributed by atoms with van der Waals surface area (Å²) in [4.78, 5) is 24.9. The summed E-state index contributed by atoms with van der Waals surface area (Å²) >= 11 is 0. The highest BCUT2D eigenvalue weighted by molar-refractivity contribution is 7.85. The van der Waals surface area contributed by atoms with Crippen LogP contribution < -0.4 is 5.32 Å². The molecule has 0 radical (unpaired) electrons. The van der Waals surface area contributed by atoms with Gasteiger partial charge in [0, 0.05) is 18.2 Å². The Labute approximate surface area is 184 Å². The topological polar surface area (TPSA) is 121 Å². The number of fused-ring (bicyclic) bond motifs is 1. The maximum absolute atomic E-state index is 12.6. The molecule has 0 aromatic carbocycles. The molecule has 3 aliphatic carbocycles. The molecule has 1 fully saturated rings. The Hall–Kier alpha value is -1.93. The van der Waals surface area contributed by atoms with Crippen molar-refractivity contribution in [2.24, 2.45) is 22.7 Å². The van der Waals surface area contributed by atoms with Gasteiger partial charge < -0.3 is 10.4 Å². The molecular weight excluding hydrogens is 418 g/mol. The first-order valence-electron chi connectivity index (χ1n) is 10.9. The predicted molar refractivity (Wildman–Crippen MR) is 118 cm³/mol. The van der Waals surface area contributed by atoms with Crippen molar-refractivity contribution in [1.82, 2.24) is 5.32 Å². The fourth-order valence-electron chi connectivity index (χ4n) is 5.72. The number of nitrogens with one attached hydrogen (secondary N) is 1. The number of carbonyl (C=O) groups is 2. The van der Waals surface area contributed by atoms with Gasteiger partial charge >= 0.3 is 0 Å². The lowest BCUT2D eigenvalue weighted by Crippen LogP contribution is -2.48. The monoisotopic (exact) mass is 451 g/mol. The number of hydrogen-bond acceptors (Lipinski definition) is 6. The van der Waals surface area contributed by atoms with E-state index < -0.39 is 27.4 Å². The summed E-state index contributed by atoms with van der Waals surface area (Å²) in [7, 11) is -4.19. The third kappa shape index (κ3) is 4.51. The van der Waals surface area contributed by atoms with Crippen LogP contribution in [0, 0.1) is 22.7 Å². The smallest absolute Gasteiger partial charge is 0.266 e. The molecular formula is C23H33NO6S. The minimum Gasteiger partial charge on any atom is -0.505 e. The van der Waals surface area contributed by atoms with E-state index in [9.17, 15) is 23.1 Å². The van der Waals surface area contributed by atoms with Gasteiger partial charge in [-0.2, -0.15) is 8.42 Å². The summed E-state index contributed by atoms with van der Waals surface area (Å²) in [6, 6.07) is 0. The normalized spacial score (nSPS) is 34.2. The molecule has 0 aromatic rings. The van der Waals surface area contributed by atoms with Crippen molar-refractivity contribution in [3.05, 3.63) is 34.8 Å². The second-order valence-electron chi connectivity index (χ2n) is 9.90. The lowest BCUT2D eigenvalue weighted by atomic mass is 9.49. The van der Waals surface area contributed by atoms with E-state index in [0.717, 1.165) is 31.8 Å². The molecule has 3 rings (SSSR count). The average molecular weight is 452 g/mol. The van der Waals surface area contributed by atoms with Gasteiger partial charge in [0.15, 0.2) is 0 Å². The fraction of sp³-hybridized carbons (Fsp3) is 0.652. The average Bonchev–Trinajstić information content (AvgIpc) is 2.67. The van der Waals surface area contributed by atoms with Crippen LogP contribution in [0.25, 0.3) is 0 Å². The molecule has 4 unspecified atom stereocenters. The Morgan fingerprint density at radius 2 is 1.90 bits per heavy atom. The number of allylic oxidation sites excluding steroid dienone is 4. The Balaban J connectivity index is 1.85. The highest BCUT2D eigenvalue weighted by atomic mass is 32.2. The molecule has 3 N–H and O–H groups in total. The molecule has 0 aromatic heterocycles. The summed E-state index contributed by atoms with van der Waals surface area (Å²) in [5.74, 6) is -1.57. The number of aliphatic hydroxyl groups excluding tert-OH is 1. The zero-order valence-electron chi connectivity index (χ0n) is 18.7. The zero-order valence-corrected chi connectivity index (χ0v) is 19.5. The second-order valence-corrected chi connectivity index (χ2v) is 11.5. The number of carbonyl (C=O) groups excluding carboxylic acids is 2. The molecule has 3 aliphatic rings. The summed E-state index contributed by atoms with van der Waals surface area (Å²) in [6.07, 6.45) is 7.61. The van der Waals surface area contributed by atoms with Gasteiger partial charge in [-0.15, -0.1) is 0 Å². The van der Waals surface area contributed by atoms with Crippen molar-refractivity contribution < 1.29 is 27.7 Å². The highest BCUT2D eigenvalue weighted by Crippen LogP contribution is 2.60. The minimum atomic E-state index is -4.19. The first kappa shape index (κ1) is 23.7. The summed E-state index contributed by atoms with van der Waals surface area (Å²) < 4.78 is 30.8. The second kappa shape index (κ2) is 8.20. The van der Waals surface area contributed by atoms with Crippen LogP contribution in [0.5, 0.6) is 0 Å².